The van der Waals surface area contributed by atoms with Gasteiger partial charge in [-0.3, -0.25) is 14.6 Å². The zero-order valence-corrected chi connectivity index (χ0v) is 22.8. The van der Waals surface area contributed by atoms with Gasteiger partial charge in [0.2, 0.25) is 0 Å². The highest BCUT2D eigenvalue weighted by molar-refractivity contribution is 8.14. The second-order valence-electron chi connectivity index (χ2n) is 9.23. The molecule has 0 bridgehead atoms. The number of ether oxygens (including phenoxy) is 3. The van der Waals surface area contributed by atoms with Crippen LogP contribution in [0, 0.1) is 5.92 Å². The van der Waals surface area contributed by atoms with Crippen molar-refractivity contribution in [2.45, 2.75) is 63.5 Å². The van der Waals surface area contributed by atoms with Crippen LogP contribution in [0.2, 0.25) is 10.0 Å². The predicted octanol–water partition coefficient (Wildman–Crippen LogP) is 5.99. The third-order valence-corrected chi connectivity index (χ3v) is 7.46. The summed E-state index contributed by atoms with van der Waals surface area (Å²) >= 11 is 13.6. The molecule has 0 amide bonds. The molecule has 1 unspecified atom stereocenters. The molecule has 202 valence electrons. The third kappa shape index (κ3) is 8.43. The fraction of sp³-hybridized carbons (Fsp3) is 0.480. The van der Waals surface area contributed by atoms with Gasteiger partial charge in [0, 0.05) is 30.5 Å². The van der Waals surface area contributed by atoms with Crippen molar-refractivity contribution in [2.75, 3.05) is 6.61 Å². The maximum Gasteiger partial charge on any atom is 0.387 e. The minimum absolute atomic E-state index is 0.0377. The Labute approximate surface area is 228 Å². The summed E-state index contributed by atoms with van der Waals surface area (Å²) in [6.45, 7) is 2.01. The molecule has 0 aliphatic heterocycles. The number of benzene rings is 1. The van der Waals surface area contributed by atoms with Gasteiger partial charge >= 0.3 is 12.6 Å². The van der Waals surface area contributed by atoms with E-state index >= 15 is 0 Å². The summed E-state index contributed by atoms with van der Waals surface area (Å²) in [6, 6.07) is 3.15. The van der Waals surface area contributed by atoms with Crippen LogP contribution >= 0.6 is 35.0 Å². The van der Waals surface area contributed by atoms with E-state index in [-0.39, 0.29) is 33.1 Å². The highest BCUT2D eigenvalue weighted by Gasteiger charge is 2.37. The van der Waals surface area contributed by atoms with Crippen LogP contribution in [0.4, 0.5) is 8.78 Å². The molecule has 12 heteroatoms. The molecule has 37 heavy (non-hydrogen) atoms. The lowest BCUT2D eigenvalue weighted by Gasteiger charge is -2.30. The van der Waals surface area contributed by atoms with E-state index in [1.807, 2.05) is 0 Å². The van der Waals surface area contributed by atoms with E-state index in [1.165, 1.54) is 37.5 Å². The van der Waals surface area contributed by atoms with Crippen molar-refractivity contribution in [3.63, 3.8) is 0 Å². The van der Waals surface area contributed by atoms with E-state index in [1.54, 1.807) is 13.8 Å². The van der Waals surface area contributed by atoms with E-state index < -0.39 is 29.5 Å². The average Bonchev–Trinajstić information content (AvgIpc) is 3.63. The Morgan fingerprint density at radius 1 is 1.19 bits per heavy atom. The molecule has 1 aliphatic rings. The number of nitrogens with zero attached hydrogens (tertiary/aromatic N) is 1. The summed E-state index contributed by atoms with van der Waals surface area (Å²) in [5.74, 6) is -0.460. The van der Waals surface area contributed by atoms with Crippen LogP contribution in [0.1, 0.15) is 50.8 Å². The molecule has 2 N–H and O–H groups in total. The fourth-order valence-electron chi connectivity index (χ4n) is 3.50. The van der Waals surface area contributed by atoms with Crippen LogP contribution in [0.5, 0.6) is 11.5 Å². The molecule has 1 saturated carbocycles. The predicted molar refractivity (Wildman–Crippen MR) is 138 cm³/mol. The van der Waals surface area contributed by atoms with E-state index in [4.69, 9.17) is 38.4 Å². The normalized spacial score (nSPS) is 15.3. The van der Waals surface area contributed by atoms with Gasteiger partial charge in [0.15, 0.2) is 16.6 Å². The maximum atomic E-state index is 13.1. The summed E-state index contributed by atoms with van der Waals surface area (Å²) in [5.41, 5.74) is 7.07. The average molecular weight is 577 g/mol. The molecular formula is C25H28Cl2F2N2O5S. The van der Waals surface area contributed by atoms with Crippen molar-refractivity contribution in [1.82, 2.24) is 4.98 Å². The van der Waals surface area contributed by atoms with Crippen LogP contribution in [0.15, 0.2) is 30.6 Å². The quantitative estimate of drug-likeness (QED) is 0.307. The monoisotopic (exact) mass is 576 g/mol. The van der Waals surface area contributed by atoms with Crippen LogP contribution in [0.3, 0.4) is 0 Å². The SMILES string of the molecule is CC(=O)SC(C)(C)C(N)C(=O)O[C@@H](Cc1c(Cl)cncc1Cl)c1ccc(OC(F)F)c(OCC2CC2)c1. The molecule has 2 atom stereocenters. The molecule has 2 aromatic rings. The number of nitrogens with two attached hydrogens (primary N) is 1. The Kier molecular flexibility index (Phi) is 10.0. The lowest BCUT2D eigenvalue weighted by atomic mass is 10.00. The number of pyridine rings is 1. The molecule has 7 nitrogen and oxygen atoms in total. The van der Waals surface area contributed by atoms with Gasteiger partial charge in [0.25, 0.3) is 0 Å². The summed E-state index contributed by atoms with van der Waals surface area (Å²) < 4.78 is 41.2. The lowest BCUT2D eigenvalue weighted by molar-refractivity contribution is -0.151. The Morgan fingerprint density at radius 3 is 2.41 bits per heavy atom. The molecule has 1 heterocycles. The van der Waals surface area contributed by atoms with Crippen molar-refractivity contribution in [3.05, 3.63) is 51.8 Å². The second kappa shape index (κ2) is 12.6. The summed E-state index contributed by atoms with van der Waals surface area (Å²) in [5, 5.41) is 0.313. The number of alkyl halides is 2. The van der Waals surface area contributed by atoms with Gasteiger partial charge in [0.1, 0.15) is 12.1 Å². The number of thioether (sulfide) groups is 1. The van der Waals surface area contributed by atoms with Gasteiger partial charge in [-0.15, -0.1) is 0 Å². The molecule has 1 aromatic carbocycles. The Hall–Kier alpha value is -2.14. The topological polar surface area (TPSA) is 101 Å². The van der Waals surface area contributed by atoms with Crippen molar-refractivity contribution < 1.29 is 32.6 Å². The summed E-state index contributed by atoms with van der Waals surface area (Å²) in [6.07, 6.45) is 3.87. The first-order valence-electron chi connectivity index (χ1n) is 11.5. The van der Waals surface area contributed by atoms with Crippen molar-refractivity contribution in [2.24, 2.45) is 11.7 Å². The van der Waals surface area contributed by atoms with E-state index in [2.05, 4.69) is 9.72 Å². The number of esters is 1. The smallest absolute Gasteiger partial charge is 0.387 e. The molecule has 0 saturated heterocycles. The first-order chi connectivity index (χ1) is 17.4. The van der Waals surface area contributed by atoms with Gasteiger partial charge in [-0.2, -0.15) is 8.78 Å². The highest BCUT2D eigenvalue weighted by atomic mass is 35.5. The molecule has 1 aliphatic carbocycles. The van der Waals surface area contributed by atoms with Gasteiger partial charge in [0.05, 0.1) is 16.7 Å². The Morgan fingerprint density at radius 2 is 1.84 bits per heavy atom. The van der Waals surface area contributed by atoms with Crippen molar-refractivity contribution in [3.8, 4) is 11.5 Å². The summed E-state index contributed by atoms with van der Waals surface area (Å²) in [7, 11) is 0. The molecule has 0 spiro atoms. The summed E-state index contributed by atoms with van der Waals surface area (Å²) in [4.78, 5) is 28.7. The lowest BCUT2D eigenvalue weighted by Crippen LogP contribution is -2.48. The molecule has 1 aromatic heterocycles. The zero-order chi connectivity index (χ0) is 27.3. The largest absolute Gasteiger partial charge is 0.489 e. The molecule has 1 fully saturated rings. The van der Waals surface area contributed by atoms with E-state index in [0.29, 0.717) is 23.7 Å². The number of hydrogen-bond acceptors (Lipinski definition) is 8. The van der Waals surface area contributed by atoms with E-state index in [0.717, 1.165) is 24.6 Å². The number of hydrogen-bond donors (Lipinski definition) is 1. The van der Waals surface area contributed by atoms with Gasteiger partial charge in [-0.25, -0.2) is 0 Å². The van der Waals surface area contributed by atoms with Gasteiger partial charge in [-0.05, 0) is 55.9 Å². The van der Waals surface area contributed by atoms with E-state index in [9.17, 15) is 18.4 Å². The first kappa shape index (κ1) is 29.4. The van der Waals surface area contributed by atoms with Gasteiger partial charge < -0.3 is 19.9 Å². The fourth-order valence-corrected chi connectivity index (χ4v) is 4.98. The number of halogens is 4. The number of carbonyl (C=O) groups is 2. The Balaban J connectivity index is 1.96. The van der Waals surface area contributed by atoms with Gasteiger partial charge in [-0.1, -0.05) is 41.0 Å². The standard InChI is InChI=1S/C25H28Cl2F2N2O5S/c1-13(32)37-25(2,3)22(30)23(33)35-20(9-16-17(26)10-31-11-18(16)27)15-6-7-19(36-24(28)29)21(8-15)34-12-14-4-5-14/h6-8,10-11,14,20,22,24H,4-5,9,12,30H2,1-3H3/t20-,22?/m0/s1. The maximum absolute atomic E-state index is 13.1. The molecule has 3 rings (SSSR count). The minimum atomic E-state index is -3.05. The molecule has 0 radical (unpaired) electrons. The zero-order valence-electron chi connectivity index (χ0n) is 20.5. The number of carbonyl (C=O) groups excluding carboxylic acids is 2. The van der Waals surface area contributed by atoms with Crippen LogP contribution in [0.25, 0.3) is 0 Å². The van der Waals surface area contributed by atoms with Crippen molar-refractivity contribution in [1.29, 1.82) is 0 Å². The van der Waals surface area contributed by atoms with Crippen molar-refractivity contribution >= 4 is 46.0 Å². The van der Waals surface area contributed by atoms with Crippen LogP contribution in [-0.2, 0) is 20.7 Å². The molecular weight excluding hydrogens is 549 g/mol. The third-order valence-electron chi connectivity index (χ3n) is 5.74. The number of aromatic nitrogens is 1. The minimum Gasteiger partial charge on any atom is -0.489 e. The second-order valence-corrected chi connectivity index (χ2v) is 11.9. The van der Waals surface area contributed by atoms with Crippen LogP contribution in [-0.4, -0.2) is 40.1 Å². The van der Waals surface area contributed by atoms with Crippen LogP contribution < -0.4 is 15.2 Å². The number of rotatable bonds is 12. The highest BCUT2D eigenvalue weighted by Crippen LogP contribution is 2.38. The first-order valence-corrected chi connectivity index (χ1v) is 13.1. The Bertz CT molecular complexity index is 1110.